The Hall–Kier alpha value is -0.930. The molecule has 20 heavy (non-hydrogen) atoms. The van der Waals surface area contributed by atoms with Gasteiger partial charge in [0, 0.05) is 25.3 Å². The lowest BCUT2D eigenvalue weighted by Crippen LogP contribution is -2.39. The molecule has 0 amide bonds. The number of rotatable bonds is 4. The summed E-state index contributed by atoms with van der Waals surface area (Å²) in [5.41, 5.74) is 2.74. The zero-order chi connectivity index (χ0) is 13.8. The van der Waals surface area contributed by atoms with Gasteiger partial charge in [0.05, 0.1) is 5.69 Å². The molecule has 0 spiro atoms. The normalized spacial score (nSPS) is 24.6. The third-order valence-corrected chi connectivity index (χ3v) is 4.89. The van der Waals surface area contributed by atoms with Crippen LogP contribution in [0.15, 0.2) is 18.3 Å². The zero-order valence-electron chi connectivity index (χ0n) is 12.6. The Bertz CT molecular complexity index is 424. The summed E-state index contributed by atoms with van der Waals surface area (Å²) in [4.78, 5) is 7.21. The Labute approximate surface area is 122 Å². The summed E-state index contributed by atoms with van der Waals surface area (Å²) in [6, 6.07) is 4.78. The second kappa shape index (κ2) is 6.68. The van der Waals surface area contributed by atoms with Crippen LogP contribution in [0.5, 0.6) is 0 Å². The van der Waals surface area contributed by atoms with Crippen LogP contribution in [0.2, 0.25) is 0 Å². The van der Waals surface area contributed by atoms with Crippen LogP contribution in [0.25, 0.3) is 0 Å². The van der Waals surface area contributed by atoms with E-state index in [2.05, 4.69) is 34.3 Å². The van der Waals surface area contributed by atoms with Gasteiger partial charge in [-0.25, -0.2) is 0 Å². The molecule has 2 heterocycles. The molecule has 0 bridgehead atoms. The van der Waals surface area contributed by atoms with Gasteiger partial charge in [0.25, 0.3) is 0 Å². The summed E-state index contributed by atoms with van der Waals surface area (Å²) in [7, 11) is 0. The highest BCUT2D eigenvalue weighted by Gasteiger charge is 2.21. The Morgan fingerprint density at radius 2 is 2.15 bits per heavy atom. The van der Waals surface area contributed by atoms with E-state index in [0.29, 0.717) is 6.04 Å². The standard InChI is InChI=1S/C17H27N3/c1-14-7-11-20(12-8-14)13-10-18-16-6-2-4-15-5-3-9-19-17(15)16/h3,5,9,14,16,18H,2,4,6-8,10-13H2,1H3. The Balaban J connectivity index is 1.47. The number of aromatic nitrogens is 1. The first-order valence-corrected chi connectivity index (χ1v) is 8.22. The van der Waals surface area contributed by atoms with E-state index >= 15 is 0 Å². The summed E-state index contributed by atoms with van der Waals surface area (Å²) >= 11 is 0. The molecule has 0 saturated carbocycles. The summed E-state index contributed by atoms with van der Waals surface area (Å²) in [6.45, 7) is 7.21. The fraction of sp³-hybridized carbons (Fsp3) is 0.706. The number of hydrogen-bond acceptors (Lipinski definition) is 3. The van der Waals surface area contributed by atoms with Crippen molar-refractivity contribution in [1.29, 1.82) is 0 Å². The summed E-state index contributed by atoms with van der Waals surface area (Å²) in [6.07, 6.45) is 8.40. The molecule has 110 valence electrons. The van der Waals surface area contributed by atoms with Crippen molar-refractivity contribution in [3.8, 4) is 0 Å². The molecule has 0 radical (unpaired) electrons. The molecule has 1 N–H and O–H groups in total. The smallest absolute Gasteiger partial charge is 0.0605 e. The predicted molar refractivity (Wildman–Crippen MR) is 82.8 cm³/mol. The zero-order valence-corrected chi connectivity index (χ0v) is 12.6. The van der Waals surface area contributed by atoms with Crippen molar-refractivity contribution in [1.82, 2.24) is 15.2 Å². The minimum Gasteiger partial charge on any atom is -0.307 e. The number of piperidine rings is 1. The first-order valence-electron chi connectivity index (χ1n) is 8.22. The van der Waals surface area contributed by atoms with Crippen molar-refractivity contribution in [2.24, 2.45) is 5.92 Å². The molecule has 3 rings (SSSR count). The van der Waals surface area contributed by atoms with Gasteiger partial charge in [0.2, 0.25) is 0 Å². The van der Waals surface area contributed by atoms with Gasteiger partial charge in [-0.15, -0.1) is 0 Å². The average Bonchev–Trinajstić information content (AvgIpc) is 2.49. The number of nitrogens with zero attached hydrogens (tertiary/aromatic N) is 2. The summed E-state index contributed by atoms with van der Waals surface area (Å²) in [5, 5.41) is 3.73. The monoisotopic (exact) mass is 273 g/mol. The molecule has 0 aromatic carbocycles. The number of fused-ring (bicyclic) bond motifs is 1. The van der Waals surface area contributed by atoms with E-state index < -0.39 is 0 Å². The fourth-order valence-corrected chi connectivity index (χ4v) is 3.49. The van der Waals surface area contributed by atoms with Crippen LogP contribution in [0.4, 0.5) is 0 Å². The van der Waals surface area contributed by atoms with Gasteiger partial charge in [-0.1, -0.05) is 13.0 Å². The van der Waals surface area contributed by atoms with E-state index in [1.807, 2.05) is 6.20 Å². The van der Waals surface area contributed by atoms with E-state index in [9.17, 15) is 0 Å². The van der Waals surface area contributed by atoms with E-state index in [0.717, 1.165) is 12.5 Å². The average molecular weight is 273 g/mol. The molecule has 1 atom stereocenters. The Morgan fingerprint density at radius 1 is 1.30 bits per heavy atom. The van der Waals surface area contributed by atoms with Gasteiger partial charge in [-0.05, 0) is 62.7 Å². The minimum absolute atomic E-state index is 0.476. The van der Waals surface area contributed by atoms with Crippen molar-refractivity contribution in [3.63, 3.8) is 0 Å². The maximum Gasteiger partial charge on any atom is 0.0605 e. The van der Waals surface area contributed by atoms with Crippen LogP contribution >= 0.6 is 0 Å². The number of aryl methyl sites for hydroxylation is 1. The molecule has 1 aliphatic carbocycles. The van der Waals surface area contributed by atoms with E-state index in [1.165, 1.54) is 63.0 Å². The van der Waals surface area contributed by atoms with Crippen molar-refractivity contribution >= 4 is 0 Å². The molecule has 2 aliphatic rings. The van der Waals surface area contributed by atoms with Crippen molar-refractivity contribution in [2.75, 3.05) is 26.2 Å². The Morgan fingerprint density at radius 3 is 3.00 bits per heavy atom. The Kier molecular flexibility index (Phi) is 4.69. The van der Waals surface area contributed by atoms with E-state index in [4.69, 9.17) is 0 Å². The number of nitrogens with one attached hydrogen (secondary N) is 1. The SMILES string of the molecule is CC1CCN(CCNC2CCCc3cccnc32)CC1. The fourth-order valence-electron chi connectivity index (χ4n) is 3.49. The van der Waals surface area contributed by atoms with Gasteiger partial charge in [-0.3, -0.25) is 4.98 Å². The summed E-state index contributed by atoms with van der Waals surface area (Å²) in [5.74, 6) is 0.925. The van der Waals surface area contributed by atoms with Gasteiger partial charge in [-0.2, -0.15) is 0 Å². The topological polar surface area (TPSA) is 28.2 Å². The third kappa shape index (κ3) is 3.39. The number of pyridine rings is 1. The molecule has 1 saturated heterocycles. The van der Waals surface area contributed by atoms with Crippen molar-refractivity contribution < 1.29 is 0 Å². The van der Waals surface area contributed by atoms with Gasteiger partial charge in [0.1, 0.15) is 0 Å². The molecule has 3 nitrogen and oxygen atoms in total. The van der Waals surface area contributed by atoms with Crippen LogP contribution in [0, 0.1) is 5.92 Å². The first-order chi connectivity index (χ1) is 9.83. The molecular weight excluding hydrogens is 246 g/mol. The van der Waals surface area contributed by atoms with Crippen molar-refractivity contribution in [3.05, 3.63) is 29.6 Å². The number of likely N-dealkylation sites (tertiary alicyclic amines) is 1. The lowest BCUT2D eigenvalue weighted by molar-refractivity contribution is 0.190. The van der Waals surface area contributed by atoms with Crippen LogP contribution in [-0.2, 0) is 6.42 Å². The lowest BCUT2D eigenvalue weighted by atomic mass is 9.92. The lowest BCUT2D eigenvalue weighted by Gasteiger charge is -2.31. The molecule has 1 unspecified atom stereocenters. The highest BCUT2D eigenvalue weighted by Crippen LogP contribution is 2.27. The van der Waals surface area contributed by atoms with Crippen LogP contribution in [0.1, 0.15) is 49.9 Å². The van der Waals surface area contributed by atoms with E-state index in [-0.39, 0.29) is 0 Å². The predicted octanol–water partition coefficient (Wildman–Crippen LogP) is 2.78. The number of hydrogen-bond donors (Lipinski definition) is 1. The van der Waals surface area contributed by atoms with Gasteiger partial charge < -0.3 is 10.2 Å². The van der Waals surface area contributed by atoms with Crippen LogP contribution in [0.3, 0.4) is 0 Å². The van der Waals surface area contributed by atoms with Crippen molar-refractivity contribution in [2.45, 2.75) is 45.1 Å². The minimum atomic E-state index is 0.476. The first kappa shape index (κ1) is 14.0. The highest BCUT2D eigenvalue weighted by molar-refractivity contribution is 5.25. The third-order valence-electron chi connectivity index (χ3n) is 4.89. The molecular formula is C17H27N3. The van der Waals surface area contributed by atoms with E-state index in [1.54, 1.807) is 0 Å². The second-order valence-corrected chi connectivity index (χ2v) is 6.47. The molecule has 1 aromatic heterocycles. The molecule has 1 aliphatic heterocycles. The summed E-state index contributed by atoms with van der Waals surface area (Å²) < 4.78 is 0. The maximum absolute atomic E-state index is 4.60. The van der Waals surface area contributed by atoms with Crippen LogP contribution in [-0.4, -0.2) is 36.1 Å². The second-order valence-electron chi connectivity index (χ2n) is 6.47. The molecule has 1 aromatic rings. The largest absolute Gasteiger partial charge is 0.307 e. The van der Waals surface area contributed by atoms with Gasteiger partial charge >= 0.3 is 0 Å². The molecule has 1 fully saturated rings. The highest BCUT2D eigenvalue weighted by atomic mass is 15.1. The van der Waals surface area contributed by atoms with Crippen LogP contribution < -0.4 is 5.32 Å². The molecule has 3 heteroatoms. The van der Waals surface area contributed by atoms with Gasteiger partial charge in [0.15, 0.2) is 0 Å². The maximum atomic E-state index is 4.60. The quantitative estimate of drug-likeness (QED) is 0.914.